The topological polar surface area (TPSA) is 80.2 Å². The van der Waals surface area contributed by atoms with Gasteiger partial charge in [0.1, 0.15) is 0 Å². The van der Waals surface area contributed by atoms with Gasteiger partial charge in [0.25, 0.3) is 0 Å². The van der Waals surface area contributed by atoms with E-state index in [-0.39, 0.29) is 29.5 Å². The third-order valence-corrected chi connectivity index (χ3v) is 2.63. The highest BCUT2D eigenvalue weighted by Gasteiger charge is 2.42. The van der Waals surface area contributed by atoms with Gasteiger partial charge in [-0.1, -0.05) is 0 Å². The summed E-state index contributed by atoms with van der Waals surface area (Å²) in [7, 11) is 0. The molecule has 0 spiro atoms. The van der Waals surface area contributed by atoms with Gasteiger partial charge in [0, 0.05) is 0 Å². The lowest BCUT2D eigenvalue weighted by Crippen LogP contribution is -2.27. The van der Waals surface area contributed by atoms with Crippen LogP contribution in [0.2, 0.25) is 5.28 Å². The molecule has 0 unspecified atom stereocenters. The molecule has 1 fully saturated rings. The molecule has 2 rings (SSSR count). The van der Waals surface area contributed by atoms with Crippen molar-refractivity contribution in [2.45, 2.75) is 38.3 Å². The number of hydrogen-bond donors (Lipinski definition) is 2. The molecule has 0 bridgehead atoms. The Morgan fingerprint density at radius 2 is 2.12 bits per heavy atom. The van der Waals surface area contributed by atoms with Crippen LogP contribution in [-0.2, 0) is 0 Å². The summed E-state index contributed by atoms with van der Waals surface area (Å²) >= 11 is 5.78. The van der Waals surface area contributed by atoms with Crippen LogP contribution in [0.4, 0.5) is 5.95 Å². The standard InChI is InChI=1S/C10H15ClN4O2/c1-6(2)17-9-13-7(11)12-8(14-9)15-10(5-16)3-4-10/h6,16H,3-5H2,1-2H3,(H,12,13,14,15). The number of aromatic nitrogens is 3. The smallest absolute Gasteiger partial charge is 0.322 e. The molecule has 1 aliphatic rings. The number of hydrogen-bond acceptors (Lipinski definition) is 6. The summed E-state index contributed by atoms with van der Waals surface area (Å²) in [5, 5.41) is 12.3. The number of rotatable bonds is 5. The minimum atomic E-state index is -0.292. The van der Waals surface area contributed by atoms with Crippen molar-refractivity contribution in [2.75, 3.05) is 11.9 Å². The molecule has 94 valence electrons. The molecular weight excluding hydrogens is 244 g/mol. The molecular formula is C10H15ClN4O2. The summed E-state index contributed by atoms with van der Waals surface area (Å²) in [6.07, 6.45) is 1.76. The zero-order valence-corrected chi connectivity index (χ0v) is 10.5. The van der Waals surface area contributed by atoms with Crippen LogP contribution in [0, 0.1) is 0 Å². The first-order chi connectivity index (χ1) is 8.03. The van der Waals surface area contributed by atoms with Crippen molar-refractivity contribution in [3.05, 3.63) is 5.28 Å². The van der Waals surface area contributed by atoms with Crippen LogP contribution in [0.3, 0.4) is 0 Å². The van der Waals surface area contributed by atoms with Gasteiger partial charge < -0.3 is 15.2 Å². The van der Waals surface area contributed by atoms with Gasteiger partial charge in [-0.15, -0.1) is 0 Å². The summed E-state index contributed by atoms with van der Waals surface area (Å²) < 4.78 is 5.36. The molecule has 0 radical (unpaired) electrons. The second kappa shape index (κ2) is 4.62. The quantitative estimate of drug-likeness (QED) is 0.827. The highest BCUT2D eigenvalue weighted by Crippen LogP contribution is 2.37. The summed E-state index contributed by atoms with van der Waals surface area (Å²) in [5.41, 5.74) is -0.292. The Hall–Kier alpha value is -1.14. The van der Waals surface area contributed by atoms with E-state index in [4.69, 9.17) is 16.3 Å². The zero-order chi connectivity index (χ0) is 12.5. The van der Waals surface area contributed by atoms with Crippen molar-refractivity contribution in [3.63, 3.8) is 0 Å². The average molecular weight is 259 g/mol. The lowest BCUT2D eigenvalue weighted by molar-refractivity contribution is 0.221. The van der Waals surface area contributed by atoms with Crippen LogP contribution in [-0.4, -0.2) is 38.3 Å². The molecule has 1 aromatic rings. The van der Waals surface area contributed by atoms with Gasteiger partial charge >= 0.3 is 6.01 Å². The highest BCUT2D eigenvalue weighted by atomic mass is 35.5. The summed E-state index contributed by atoms with van der Waals surface area (Å²) in [6.45, 7) is 3.80. The van der Waals surface area contributed by atoms with Crippen molar-refractivity contribution in [1.29, 1.82) is 0 Å². The number of aliphatic hydroxyl groups excluding tert-OH is 1. The molecule has 1 saturated carbocycles. The maximum Gasteiger partial charge on any atom is 0.322 e. The summed E-state index contributed by atoms with van der Waals surface area (Å²) in [4.78, 5) is 11.9. The lowest BCUT2D eigenvalue weighted by atomic mass is 10.3. The number of anilines is 1. The van der Waals surface area contributed by atoms with Gasteiger partial charge in [0.2, 0.25) is 11.2 Å². The summed E-state index contributed by atoms with van der Waals surface area (Å²) in [6, 6.07) is 0.191. The first-order valence-corrected chi connectivity index (χ1v) is 5.88. The minimum absolute atomic E-state index is 0.0333. The van der Waals surface area contributed by atoms with Crippen molar-refractivity contribution in [1.82, 2.24) is 15.0 Å². The van der Waals surface area contributed by atoms with Crippen molar-refractivity contribution in [3.8, 4) is 6.01 Å². The van der Waals surface area contributed by atoms with Gasteiger partial charge in [-0.25, -0.2) is 0 Å². The normalized spacial score (nSPS) is 17.0. The number of ether oxygens (including phenoxy) is 1. The van der Waals surface area contributed by atoms with Crippen LogP contribution in [0.1, 0.15) is 26.7 Å². The van der Waals surface area contributed by atoms with Crippen LogP contribution < -0.4 is 10.1 Å². The Bertz CT molecular complexity index is 409. The van der Waals surface area contributed by atoms with Crippen LogP contribution in [0.15, 0.2) is 0 Å². The van der Waals surface area contributed by atoms with Crippen molar-refractivity contribution < 1.29 is 9.84 Å². The predicted molar refractivity (Wildman–Crippen MR) is 63.3 cm³/mol. The number of nitrogens with zero attached hydrogens (tertiary/aromatic N) is 3. The van der Waals surface area contributed by atoms with E-state index < -0.39 is 0 Å². The molecule has 1 aliphatic carbocycles. The van der Waals surface area contributed by atoms with Crippen LogP contribution >= 0.6 is 11.6 Å². The first kappa shape index (κ1) is 12.3. The second-order valence-corrected chi connectivity index (χ2v) is 4.78. The third kappa shape index (κ3) is 3.17. The monoisotopic (exact) mass is 258 g/mol. The fourth-order valence-electron chi connectivity index (χ4n) is 1.36. The van der Waals surface area contributed by atoms with E-state index in [0.29, 0.717) is 5.95 Å². The van der Waals surface area contributed by atoms with Gasteiger partial charge in [0.05, 0.1) is 18.2 Å². The Kier molecular flexibility index (Phi) is 3.35. The molecule has 0 aromatic carbocycles. The van der Waals surface area contributed by atoms with Crippen LogP contribution in [0.5, 0.6) is 6.01 Å². The van der Waals surface area contributed by atoms with E-state index in [1.54, 1.807) is 0 Å². The average Bonchev–Trinajstić information content (AvgIpc) is 2.96. The molecule has 0 aliphatic heterocycles. The number of nitrogens with one attached hydrogen (secondary N) is 1. The molecule has 2 N–H and O–H groups in total. The fourth-order valence-corrected chi connectivity index (χ4v) is 1.51. The molecule has 1 aromatic heterocycles. The minimum Gasteiger partial charge on any atom is -0.461 e. The maximum atomic E-state index is 9.20. The lowest BCUT2D eigenvalue weighted by Gasteiger charge is -2.15. The molecule has 17 heavy (non-hydrogen) atoms. The van der Waals surface area contributed by atoms with Crippen molar-refractivity contribution >= 4 is 17.5 Å². The highest BCUT2D eigenvalue weighted by molar-refractivity contribution is 6.28. The van der Waals surface area contributed by atoms with Gasteiger partial charge in [-0.3, -0.25) is 0 Å². The molecule has 6 nitrogen and oxygen atoms in total. The molecule has 0 amide bonds. The van der Waals surface area contributed by atoms with E-state index in [2.05, 4.69) is 20.3 Å². The van der Waals surface area contributed by atoms with E-state index in [0.717, 1.165) is 12.8 Å². The second-order valence-electron chi connectivity index (χ2n) is 4.44. The van der Waals surface area contributed by atoms with E-state index in [1.165, 1.54) is 0 Å². The third-order valence-electron chi connectivity index (χ3n) is 2.46. The van der Waals surface area contributed by atoms with Crippen molar-refractivity contribution in [2.24, 2.45) is 0 Å². The van der Waals surface area contributed by atoms with Crippen LogP contribution in [0.25, 0.3) is 0 Å². The first-order valence-electron chi connectivity index (χ1n) is 5.50. The van der Waals surface area contributed by atoms with E-state index >= 15 is 0 Å². The van der Waals surface area contributed by atoms with E-state index in [9.17, 15) is 5.11 Å². The Morgan fingerprint density at radius 3 is 2.65 bits per heavy atom. The molecule has 0 atom stereocenters. The SMILES string of the molecule is CC(C)Oc1nc(Cl)nc(NC2(CO)CC2)n1. The predicted octanol–water partition coefficient (Wildman–Crippen LogP) is 1.25. The number of halogens is 1. The molecule has 7 heteroatoms. The largest absolute Gasteiger partial charge is 0.461 e. The zero-order valence-electron chi connectivity index (χ0n) is 9.77. The Balaban J connectivity index is 2.14. The molecule has 0 saturated heterocycles. The maximum absolute atomic E-state index is 9.20. The van der Waals surface area contributed by atoms with E-state index in [1.807, 2.05) is 13.8 Å². The Morgan fingerprint density at radius 1 is 1.41 bits per heavy atom. The fraction of sp³-hybridized carbons (Fsp3) is 0.700. The summed E-state index contributed by atoms with van der Waals surface area (Å²) in [5.74, 6) is 0.340. The van der Waals surface area contributed by atoms with Gasteiger partial charge in [0.15, 0.2) is 0 Å². The molecule has 1 heterocycles. The number of aliphatic hydroxyl groups is 1. The Labute approximate surface area is 104 Å². The van der Waals surface area contributed by atoms with Gasteiger partial charge in [-0.05, 0) is 38.3 Å². The van der Waals surface area contributed by atoms with Gasteiger partial charge in [-0.2, -0.15) is 15.0 Å².